The first-order valence-electron chi connectivity index (χ1n) is 14.8. The van der Waals surface area contributed by atoms with E-state index < -0.39 is 5.82 Å². The Morgan fingerprint density at radius 1 is 1.15 bits per heavy atom. The van der Waals surface area contributed by atoms with Gasteiger partial charge in [-0.2, -0.15) is 9.97 Å². The Hall–Kier alpha value is -3.02. The van der Waals surface area contributed by atoms with Crippen molar-refractivity contribution in [2.45, 2.75) is 68.0 Å². The number of benzene rings is 1. The summed E-state index contributed by atoms with van der Waals surface area (Å²) in [6.45, 7) is 6.36. The molecule has 0 saturated carbocycles. The van der Waals surface area contributed by atoms with Crippen LogP contribution in [0.4, 0.5) is 15.9 Å². The minimum Gasteiger partial charge on any atom is -0.461 e. The van der Waals surface area contributed by atoms with Crippen LogP contribution >= 0.6 is 11.8 Å². The van der Waals surface area contributed by atoms with Crippen molar-refractivity contribution in [2.75, 3.05) is 43.4 Å². The number of hydrogen-bond acceptors (Lipinski definition) is 10. The first-order chi connectivity index (χ1) is 20.0. The summed E-state index contributed by atoms with van der Waals surface area (Å²) >= 11 is 1.61. The topological polar surface area (TPSA) is 105 Å². The number of ether oxygens (including phenoxy) is 1. The van der Waals surface area contributed by atoms with Crippen molar-refractivity contribution in [1.29, 1.82) is 0 Å². The molecule has 3 aromatic rings. The molecule has 3 N–H and O–H groups in total. The highest BCUT2D eigenvalue weighted by Crippen LogP contribution is 2.45. The number of pyridine rings is 1. The van der Waals surface area contributed by atoms with Crippen LogP contribution in [0.1, 0.15) is 44.1 Å². The molecule has 1 aromatic carbocycles. The van der Waals surface area contributed by atoms with Gasteiger partial charge in [0, 0.05) is 41.8 Å². The number of nitrogens with zero attached hydrogens (tertiary/aromatic N) is 6. The molecule has 4 fully saturated rings. The van der Waals surface area contributed by atoms with Crippen molar-refractivity contribution >= 4 is 40.0 Å². The average molecular weight is 575 g/mol. The molecule has 0 amide bonds. The van der Waals surface area contributed by atoms with Crippen molar-refractivity contribution < 1.29 is 9.13 Å². The molecule has 2 atom stereocenters. The molecule has 0 radical (unpaired) electrons. The third kappa shape index (κ3) is 4.27. The van der Waals surface area contributed by atoms with Crippen molar-refractivity contribution in [3.05, 3.63) is 29.7 Å². The van der Waals surface area contributed by atoms with E-state index in [0.29, 0.717) is 52.7 Å². The molecule has 214 valence electrons. The summed E-state index contributed by atoms with van der Waals surface area (Å²) < 4.78 is 23.1. The number of rotatable bonds is 5. The van der Waals surface area contributed by atoms with Crippen molar-refractivity contribution in [2.24, 2.45) is 10.7 Å². The molecule has 2 unspecified atom stereocenters. The number of amidine groups is 1. The van der Waals surface area contributed by atoms with Crippen LogP contribution in [0.5, 0.6) is 6.01 Å². The Morgan fingerprint density at radius 2 is 1.93 bits per heavy atom. The summed E-state index contributed by atoms with van der Waals surface area (Å²) in [5.74, 6) is 1.37. The highest BCUT2D eigenvalue weighted by molar-refractivity contribution is 8.00. The van der Waals surface area contributed by atoms with E-state index in [2.05, 4.69) is 20.1 Å². The molecule has 2 bridgehead atoms. The van der Waals surface area contributed by atoms with Gasteiger partial charge in [0.2, 0.25) is 0 Å². The zero-order valence-electron chi connectivity index (χ0n) is 23.3. The molecular weight excluding hydrogens is 539 g/mol. The van der Waals surface area contributed by atoms with Gasteiger partial charge in [-0.3, -0.25) is 9.88 Å². The Morgan fingerprint density at radius 3 is 2.71 bits per heavy atom. The summed E-state index contributed by atoms with van der Waals surface area (Å²) in [5, 5.41) is 4.30. The average Bonchev–Trinajstić information content (AvgIpc) is 3.66. The second kappa shape index (κ2) is 9.78. The molecule has 5 aliphatic heterocycles. The van der Waals surface area contributed by atoms with Crippen LogP contribution in [0.2, 0.25) is 0 Å². The number of nitrogens with two attached hydrogens (primary N) is 1. The maximum absolute atomic E-state index is 16.7. The summed E-state index contributed by atoms with van der Waals surface area (Å²) in [4.78, 5) is 24.8. The van der Waals surface area contributed by atoms with Gasteiger partial charge < -0.3 is 20.7 Å². The molecule has 41 heavy (non-hydrogen) atoms. The van der Waals surface area contributed by atoms with E-state index in [-0.39, 0.29) is 22.8 Å². The van der Waals surface area contributed by atoms with Gasteiger partial charge in [0.05, 0.1) is 22.4 Å². The van der Waals surface area contributed by atoms with Gasteiger partial charge >= 0.3 is 6.01 Å². The van der Waals surface area contributed by atoms with Crippen molar-refractivity contribution in [1.82, 2.24) is 25.2 Å². The van der Waals surface area contributed by atoms with Gasteiger partial charge in [-0.25, -0.2) is 9.38 Å². The van der Waals surface area contributed by atoms with Gasteiger partial charge in [0.1, 0.15) is 29.5 Å². The Balaban J connectivity index is 1.25. The molecule has 4 saturated heterocycles. The van der Waals surface area contributed by atoms with E-state index in [0.717, 1.165) is 62.3 Å². The molecule has 0 aliphatic carbocycles. The van der Waals surface area contributed by atoms with E-state index in [1.54, 1.807) is 18.0 Å². The number of aromatic nitrogens is 3. The van der Waals surface area contributed by atoms with Crippen LogP contribution in [-0.2, 0) is 0 Å². The number of thioether (sulfide) groups is 1. The fourth-order valence-corrected chi connectivity index (χ4v) is 8.47. The number of anilines is 1. The van der Waals surface area contributed by atoms with E-state index in [1.807, 2.05) is 19.1 Å². The van der Waals surface area contributed by atoms with E-state index in [9.17, 15) is 0 Å². The molecule has 11 heteroatoms. The molecule has 5 aliphatic rings. The fraction of sp³-hybridized carbons (Fsp3) is 0.533. The lowest BCUT2D eigenvalue weighted by Crippen LogP contribution is -2.51. The van der Waals surface area contributed by atoms with Crippen LogP contribution in [0, 0.1) is 12.7 Å². The summed E-state index contributed by atoms with van der Waals surface area (Å²) in [6, 6.07) is 5.07. The lowest BCUT2D eigenvalue weighted by molar-refractivity contribution is 0.108. The normalized spacial score (nSPS) is 24.9. The Bertz CT molecular complexity index is 1560. The quantitative estimate of drug-likeness (QED) is 0.464. The van der Waals surface area contributed by atoms with Crippen LogP contribution in [-0.4, -0.2) is 81.8 Å². The van der Waals surface area contributed by atoms with E-state index >= 15 is 4.39 Å². The molecule has 2 aromatic heterocycles. The lowest BCUT2D eigenvalue weighted by Gasteiger charge is -2.34. The summed E-state index contributed by atoms with van der Waals surface area (Å²) in [7, 11) is 0. The molecule has 0 spiro atoms. The second-order valence-electron chi connectivity index (χ2n) is 12.3. The number of aryl methyl sites for hydroxylation is 1. The summed E-state index contributed by atoms with van der Waals surface area (Å²) in [6.07, 6.45) is 8.63. The smallest absolute Gasteiger partial charge is 0.319 e. The van der Waals surface area contributed by atoms with Gasteiger partial charge in [-0.1, -0.05) is 6.07 Å². The van der Waals surface area contributed by atoms with Gasteiger partial charge in [-0.05, 0) is 70.2 Å². The van der Waals surface area contributed by atoms with E-state index in [1.165, 1.54) is 12.8 Å². The maximum Gasteiger partial charge on any atom is 0.319 e. The standard InChI is InChI=1S/C30H35FN8OS/c1-17-4-7-21-26(35-22(32)15-41-21)23(17)27-24(31)25-20(12-33-27)28(38-13-18-5-6-19(14-38)34-18)37-29(36-25)40-16-30-8-2-10-39(30)11-3-9-30/h4,7,12,18-19,34H,2-3,5-6,8-11,13-16H2,1H3,(H2,32,35). The van der Waals surface area contributed by atoms with Crippen LogP contribution in [0.25, 0.3) is 22.2 Å². The highest BCUT2D eigenvalue weighted by Gasteiger charge is 2.45. The predicted molar refractivity (Wildman–Crippen MR) is 160 cm³/mol. The number of aliphatic imine (C=N–C) groups is 1. The summed E-state index contributed by atoms with van der Waals surface area (Å²) in [5.41, 5.74) is 8.86. The largest absolute Gasteiger partial charge is 0.461 e. The number of halogens is 1. The van der Waals surface area contributed by atoms with Crippen LogP contribution in [0.3, 0.4) is 0 Å². The monoisotopic (exact) mass is 574 g/mol. The Labute approximate surface area is 243 Å². The number of nitrogens with one attached hydrogen (secondary N) is 1. The first-order valence-corrected chi connectivity index (χ1v) is 15.8. The van der Waals surface area contributed by atoms with Crippen LogP contribution in [0.15, 0.2) is 28.2 Å². The number of hydrogen-bond donors (Lipinski definition) is 2. The molecule has 7 heterocycles. The minimum absolute atomic E-state index is 0.0460. The zero-order valence-corrected chi connectivity index (χ0v) is 24.1. The highest BCUT2D eigenvalue weighted by atomic mass is 32.2. The second-order valence-corrected chi connectivity index (χ2v) is 13.3. The SMILES string of the molecule is Cc1ccc2c(c1-c1ncc3c(N4CC5CCC(C4)N5)nc(OCC45CCCN4CCC5)nc3c1F)N=C(N)CS2. The third-order valence-electron chi connectivity index (χ3n) is 9.66. The molecular formula is C30H35FN8OS. The van der Waals surface area contributed by atoms with Gasteiger partial charge in [-0.15, -0.1) is 11.8 Å². The maximum atomic E-state index is 16.7. The van der Waals surface area contributed by atoms with Gasteiger partial charge in [0.15, 0.2) is 5.82 Å². The van der Waals surface area contributed by atoms with Crippen molar-refractivity contribution in [3.8, 4) is 17.3 Å². The number of piperazine rings is 1. The van der Waals surface area contributed by atoms with Crippen molar-refractivity contribution in [3.63, 3.8) is 0 Å². The minimum atomic E-state index is -0.475. The lowest BCUT2D eigenvalue weighted by atomic mass is 9.95. The predicted octanol–water partition coefficient (Wildman–Crippen LogP) is 4.18. The molecule has 9 nitrogen and oxygen atoms in total. The Kier molecular flexibility index (Phi) is 6.12. The third-order valence-corrected chi connectivity index (χ3v) is 10.7. The molecule has 8 rings (SSSR count). The van der Waals surface area contributed by atoms with Gasteiger partial charge in [0.25, 0.3) is 0 Å². The van der Waals surface area contributed by atoms with Crippen LogP contribution < -0.4 is 20.7 Å². The number of fused-ring (bicyclic) bond motifs is 5. The first kappa shape index (κ1) is 25.7. The van der Waals surface area contributed by atoms with E-state index in [4.69, 9.17) is 25.4 Å². The fourth-order valence-electron chi connectivity index (χ4n) is 7.66. The zero-order chi connectivity index (χ0) is 27.7.